The molecule has 0 aliphatic carbocycles. The van der Waals surface area contributed by atoms with Gasteiger partial charge in [-0.2, -0.15) is 5.10 Å². The maximum absolute atomic E-state index is 12.7. The number of aryl methyl sites for hydroxylation is 1. The van der Waals surface area contributed by atoms with Crippen LogP contribution in [-0.4, -0.2) is 53.5 Å². The topological polar surface area (TPSA) is 59.4 Å². The van der Waals surface area contributed by atoms with Crippen LogP contribution in [0.15, 0.2) is 18.3 Å². The summed E-state index contributed by atoms with van der Waals surface area (Å²) >= 11 is 6.14. The van der Waals surface area contributed by atoms with Crippen LogP contribution in [0, 0.1) is 5.92 Å². The molecule has 0 saturated carbocycles. The van der Waals surface area contributed by atoms with Crippen molar-refractivity contribution >= 4 is 28.6 Å². The molecule has 0 atom stereocenters. The molecular weight excluding hydrogens is 352 g/mol. The number of nitrogens with zero attached hydrogens (tertiary/aromatic N) is 3. The van der Waals surface area contributed by atoms with Crippen molar-refractivity contribution in [1.82, 2.24) is 19.5 Å². The molecule has 3 rings (SSSR count). The first-order valence-electron chi connectivity index (χ1n) is 9.30. The highest BCUT2D eigenvalue weighted by atomic mass is 35.5. The van der Waals surface area contributed by atoms with E-state index in [1.54, 1.807) is 7.11 Å². The Morgan fingerprint density at radius 2 is 2.19 bits per heavy atom. The molecule has 2 aromatic rings. The summed E-state index contributed by atoms with van der Waals surface area (Å²) in [5.41, 5.74) is 2.59. The van der Waals surface area contributed by atoms with Gasteiger partial charge in [-0.05, 0) is 56.0 Å². The van der Waals surface area contributed by atoms with Gasteiger partial charge in [-0.15, -0.1) is 0 Å². The fraction of sp³-hybridized carbons (Fsp3) is 0.579. The first-order chi connectivity index (χ1) is 12.6. The lowest BCUT2D eigenvalue weighted by atomic mass is 9.98. The van der Waals surface area contributed by atoms with Gasteiger partial charge in [0, 0.05) is 42.6 Å². The molecule has 1 saturated heterocycles. The van der Waals surface area contributed by atoms with Crippen molar-refractivity contribution in [1.29, 1.82) is 0 Å². The van der Waals surface area contributed by atoms with E-state index in [-0.39, 0.29) is 5.91 Å². The number of piperidine rings is 1. The van der Waals surface area contributed by atoms with Gasteiger partial charge in [-0.25, -0.2) is 4.42 Å². The van der Waals surface area contributed by atoms with Crippen molar-refractivity contribution in [3.8, 4) is 0 Å². The molecule has 0 bridgehead atoms. The highest BCUT2D eigenvalue weighted by molar-refractivity contribution is 6.24. The molecule has 142 valence electrons. The second kappa shape index (κ2) is 8.84. The number of hydrogen-bond donors (Lipinski definition) is 1. The van der Waals surface area contributed by atoms with E-state index in [0.29, 0.717) is 24.6 Å². The van der Waals surface area contributed by atoms with Crippen molar-refractivity contribution < 1.29 is 9.53 Å². The number of methoxy groups -OCH3 is 1. The van der Waals surface area contributed by atoms with Gasteiger partial charge in [0.25, 0.3) is 5.91 Å². The summed E-state index contributed by atoms with van der Waals surface area (Å²) < 4.78 is 8.24. The Labute approximate surface area is 159 Å². The van der Waals surface area contributed by atoms with Gasteiger partial charge in [0.1, 0.15) is 0 Å². The average Bonchev–Trinajstić information content (AvgIpc) is 3.07. The number of benzene rings is 1. The van der Waals surface area contributed by atoms with Gasteiger partial charge < -0.3 is 10.1 Å². The van der Waals surface area contributed by atoms with E-state index in [4.69, 9.17) is 21.6 Å². The van der Waals surface area contributed by atoms with Crippen molar-refractivity contribution in [2.45, 2.75) is 32.7 Å². The van der Waals surface area contributed by atoms with Crippen LogP contribution in [0.3, 0.4) is 0 Å². The molecule has 1 aliphatic heterocycles. The molecule has 1 amide bonds. The summed E-state index contributed by atoms with van der Waals surface area (Å²) in [4.78, 5) is 12.7. The molecule has 1 N–H and O–H groups in total. The second-order valence-electron chi connectivity index (χ2n) is 6.81. The summed E-state index contributed by atoms with van der Waals surface area (Å²) in [6, 6.07) is 3.76. The van der Waals surface area contributed by atoms with Crippen LogP contribution in [0.1, 0.15) is 35.7 Å². The molecule has 1 aromatic heterocycles. The Morgan fingerprint density at radius 3 is 2.88 bits per heavy atom. The number of carbonyl (C=O) groups excluding carboxylic acids is 1. The molecular formula is C19H27ClN4O2. The predicted molar refractivity (Wildman–Crippen MR) is 103 cm³/mol. The van der Waals surface area contributed by atoms with Gasteiger partial charge in [0.15, 0.2) is 0 Å². The molecule has 2 heterocycles. The predicted octanol–water partition coefficient (Wildman–Crippen LogP) is 2.84. The summed E-state index contributed by atoms with van der Waals surface area (Å²) in [6.45, 7) is 5.91. The molecule has 1 fully saturated rings. The highest BCUT2D eigenvalue weighted by Crippen LogP contribution is 2.25. The van der Waals surface area contributed by atoms with Gasteiger partial charge in [0.2, 0.25) is 0 Å². The van der Waals surface area contributed by atoms with Gasteiger partial charge in [-0.1, -0.05) is 6.92 Å². The zero-order chi connectivity index (χ0) is 18.5. The Morgan fingerprint density at radius 1 is 1.42 bits per heavy atom. The van der Waals surface area contributed by atoms with Crippen molar-refractivity contribution in [2.75, 3.05) is 33.4 Å². The van der Waals surface area contributed by atoms with Crippen LogP contribution in [0.5, 0.6) is 0 Å². The van der Waals surface area contributed by atoms with E-state index in [9.17, 15) is 4.79 Å². The highest BCUT2D eigenvalue weighted by Gasteiger charge is 2.20. The average molecular weight is 379 g/mol. The molecule has 7 heteroatoms. The van der Waals surface area contributed by atoms with E-state index in [2.05, 4.69) is 18.4 Å². The third-order valence-corrected chi connectivity index (χ3v) is 5.37. The Bertz CT molecular complexity index is 755. The fourth-order valence-corrected chi connectivity index (χ4v) is 3.77. The maximum atomic E-state index is 12.7. The number of rotatable bonds is 7. The van der Waals surface area contributed by atoms with Gasteiger partial charge in [-0.3, -0.25) is 9.48 Å². The van der Waals surface area contributed by atoms with E-state index in [0.717, 1.165) is 42.5 Å². The van der Waals surface area contributed by atoms with E-state index >= 15 is 0 Å². The lowest BCUT2D eigenvalue weighted by Gasteiger charge is -2.22. The molecule has 0 unspecified atom stereocenters. The smallest absolute Gasteiger partial charge is 0.268 e. The lowest BCUT2D eigenvalue weighted by molar-refractivity contribution is 0.0827. The zero-order valence-electron chi connectivity index (χ0n) is 15.5. The largest absolute Gasteiger partial charge is 0.383 e. The number of fused-ring (bicyclic) bond motifs is 1. The van der Waals surface area contributed by atoms with E-state index < -0.39 is 0 Å². The number of aromatic nitrogens is 2. The molecule has 26 heavy (non-hydrogen) atoms. The summed E-state index contributed by atoms with van der Waals surface area (Å²) in [5.74, 6) is 0.470. The van der Waals surface area contributed by atoms with E-state index in [1.807, 2.05) is 16.8 Å². The van der Waals surface area contributed by atoms with Crippen molar-refractivity contribution in [3.05, 3.63) is 29.5 Å². The van der Waals surface area contributed by atoms with Crippen LogP contribution < -0.4 is 5.32 Å². The van der Waals surface area contributed by atoms with Crippen LogP contribution in [-0.2, 0) is 17.7 Å². The number of amides is 1. The number of nitrogens with one attached hydrogen (secondary N) is 1. The fourth-order valence-electron chi connectivity index (χ4n) is 3.61. The summed E-state index contributed by atoms with van der Waals surface area (Å²) in [6.07, 6.45) is 5.20. The van der Waals surface area contributed by atoms with Crippen LogP contribution in [0.4, 0.5) is 0 Å². The number of halogens is 1. The molecule has 1 aliphatic rings. The summed E-state index contributed by atoms with van der Waals surface area (Å²) in [7, 11) is 1.59. The Balaban J connectivity index is 1.85. The zero-order valence-corrected chi connectivity index (χ0v) is 16.3. The quantitative estimate of drug-likeness (QED) is 0.752. The monoisotopic (exact) mass is 378 g/mol. The number of hydrogen-bond acceptors (Lipinski definition) is 4. The number of carbonyl (C=O) groups is 1. The molecule has 0 spiro atoms. The normalized spacial score (nSPS) is 15.5. The summed E-state index contributed by atoms with van der Waals surface area (Å²) in [5, 5.41) is 9.17. The Hall–Kier alpha value is -1.63. The maximum Gasteiger partial charge on any atom is 0.268 e. The second-order valence-corrected chi connectivity index (χ2v) is 7.21. The molecule has 6 nitrogen and oxygen atoms in total. The first-order valence-corrected chi connectivity index (χ1v) is 9.64. The third-order valence-electron chi connectivity index (χ3n) is 5.05. The standard InChI is InChI=1S/C19H27ClN4O2/c1-3-15-16(19(25)24(20)10-11-26-2)4-5-18-17(15)13-23(22-18)12-14-6-8-21-9-7-14/h4-5,13-14,21H,3,6-12H2,1-2H3. The molecule has 0 radical (unpaired) electrons. The third kappa shape index (κ3) is 4.19. The van der Waals surface area contributed by atoms with Crippen LogP contribution in [0.25, 0.3) is 10.9 Å². The van der Waals surface area contributed by atoms with E-state index in [1.165, 1.54) is 17.3 Å². The first kappa shape index (κ1) is 19.1. The lowest BCUT2D eigenvalue weighted by Crippen LogP contribution is -2.29. The number of ether oxygens (including phenoxy) is 1. The minimum Gasteiger partial charge on any atom is -0.383 e. The van der Waals surface area contributed by atoms with Crippen LogP contribution in [0.2, 0.25) is 0 Å². The minimum atomic E-state index is -0.187. The minimum absolute atomic E-state index is 0.187. The van der Waals surface area contributed by atoms with Gasteiger partial charge >= 0.3 is 0 Å². The Kier molecular flexibility index (Phi) is 6.51. The van der Waals surface area contributed by atoms with Crippen molar-refractivity contribution in [2.24, 2.45) is 5.92 Å². The van der Waals surface area contributed by atoms with Crippen molar-refractivity contribution in [3.63, 3.8) is 0 Å². The van der Waals surface area contributed by atoms with Gasteiger partial charge in [0.05, 0.1) is 18.7 Å². The van der Waals surface area contributed by atoms with Crippen LogP contribution >= 0.6 is 11.8 Å². The molecule has 1 aromatic carbocycles. The SMILES string of the molecule is CCc1c(C(=O)N(Cl)CCOC)ccc2nn(CC3CCNCC3)cc12.